The quantitative estimate of drug-likeness (QED) is 0.581. The second kappa shape index (κ2) is 7.28. The van der Waals surface area contributed by atoms with Gasteiger partial charge in [0.15, 0.2) is 11.1 Å². The fraction of sp³-hybridized carbons (Fsp3) is 0.450. The van der Waals surface area contributed by atoms with Gasteiger partial charge in [0, 0.05) is 12.0 Å². The van der Waals surface area contributed by atoms with Crippen molar-refractivity contribution < 1.29 is 13.6 Å². The van der Waals surface area contributed by atoms with Crippen LogP contribution < -0.4 is 16.7 Å². The number of hydrogen-bond donors (Lipinski definition) is 2. The summed E-state index contributed by atoms with van der Waals surface area (Å²) in [5.41, 5.74) is 0.669. The summed E-state index contributed by atoms with van der Waals surface area (Å²) in [5, 5.41) is 0.0674. The summed E-state index contributed by atoms with van der Waals surface area (Å²) >= 11 is -2.29. The van der Waals surface area contributed by atoms with E-state index in [9.17, 15) is 23.1 Å². The molecule has 2 aromatic rings. The molecule has 1 saturated carbocycles. The molecule has 0 spiro atoms. The van der Waals surface area contributed by atoms with Gasteiger partial charge >= 0.3 is 11.6 Å². The van der Waals surface area contributed by atoms with Crippen LogP contribution in [0.2, 0.25) is 0 Å². The Morgan fingerprint density at radius 1 is 1.31 bits per heavy atom. The smallest absolute Gasteiger partial charge is 0.302 e. The van der Waals surface area contributed by atoms with Gasteiger partial charge in [-0.15, -0.1) is 0 Å². The van der Waals surface area contributed by atoms with Gasteiger partial charge < -0.3 is 4.55 Å². The van der Waals surface area contributed by atoms with Gasteiger partial charge in [0.05, 0.1) is 15.8 Å². The van der Waals surface area contributed by atoms with E-state index in [0.717, 1.165) is 12.8 Å². The molecule has 1 aromatic carbocycles. The van der Waals surface area contributed by atoms with Crippen molar-refractivity contribution in [3.05, 3.63) is 39.0 Å². The molecule has 8 nitrogen and oxygen atoms in total. The van der Waals surface area contributed by atoms with Crippen LogP contribution in [0, 0.1) is 22.7 Å². The minimum atomic E-state index is -2.29. The fourth-order valence-corrected chi connectivity index (χ4v) is 3.24. The second-order valence-electron chi connectivity index (χ2n) is 8.69. The molecule has 0 bridgehead atoms. The lowest BCUT2D eigenvalue weighted by atomic mass is 9.98. The van der Waals surface area contributed by atoms with E-state index in [4.69, 9.17) is 0 Å². The van der Waals surface area contributed by atoms with Crippen molar-refractivity contribution in [2.75, 3.05) is 5.43 Å². The number of carbonyl (C=O) groups is 1. The normalized spacial score (nSPS) is 16.0. The Balaban J connectivity index is 2.19. The van der Waals surface area contributed by atoms with Gasteiger partial charge in [-0.1, -0.05) is 12.8 Å². The number of rotatable bonds is 4. The molecule has 1 unspecified atom stereocenters. The Hall–Kier alpha value is -2.70. The van der Waals surface area contributed by atoms with Crippen molar-refractivity contribution in [2.24, 2.45) is 10.8 Å². The fourth-order valence-electron chi connectivity index (χ4n) is 2.84. The number of amides is 1. The number of nitrogens with zero attached hydrogens (tertiary/aromatic N) is 2. The standard InChI is InChI=1S/C20H23N3O5S/c1-19(2,3)8-7-16(24)21-23-17(25)14-11-13(29(27)28)5-6-15(14)22(18(23)26)12-20(4)9-10-20/h5-6,11H,9-10,12H2,1-4H3,(H,21,24)(H,27,28). The van der Waals surface area contributed by atoms with E-state index in [0.29, 0.717) is 16.7 Å². The summed E-state index contributed by atoms with van der Waals surface area (Å²) in [6.07, 6.45) is 1.89. The van der Waals surface area contributed by atoms with Crippen LogP contribution in [0.5, 0.6) is 0 Å². The number of hydrogen-bond acceptors (Lipinski definition) is 4. The first-order valence-corrected chi connectivity index (χ1v) is 10.3. The predicted molar refractivity (Wildman–Crippen MR) is 110 cm³/mol. The molecule has 29 heavy (non-hydrogen) atoms. The second-order valence-corrected chi connectivity index (χ2v) is 9.66. The van der Waals surface area contributed by atoms with Gasteiger partial charge in [0.25, 0.3) is 5.56 Å². The molecule has 1 aromatic heterocycles. The third kappa shape index (κ3) is 4.66. The van der Waals surface area contributed by atoms with Crippen LogP contribution in [0.15, 0.2) is 32.7 Å². The van der Waals surface area contributed by atoms with Crippen molar-refractivity contribution in [3.63, 3.8) is 0 Å². The molecular weight excluding hydrogens is 394 g/mol. The molecule has 1 atom stereocenters. The number of benzene rings is 1. The molecule has 154 valence electrons. The Morgan fingerprint density at radius 2 is 1.97 bits per heavy atom. The van der Waals surface area contributed by atoms with Crippen LogP contribution in [-0.4, -0.2) is 23.9 Å². The van der Waals surface area contributed by atoms with Crippen LogP contribution in [-0.2, 0) is 22.4 Å². The summed E-state index contributed by atoms with van der Waals surface area (Å²) in [6.45, 7) is 7.89. The zero-order valence-corrected chi connectivity index (χ0v) is 17.6. The summed E-state index contributed by atoms with van der Waals surface area (Å²) in [5.74, 6) is 4.34. The largest absolute Gasteiger partial charge is 0.350 e. The van der Waals surface area contributed by atoms with E-state index in [1.165, 1.54) is 22.8 Å². The van der Waals surface area contributed by atoms with Gasteiger partial charge in [-0.05, 0) is 63.1 Å². The molecule has 0 aliphatic heterocycles. The minimum Gasteiger partial charge on any atom is -0.302 e. The van der Waals surface area contributed by atoms with Crippen LogP contribution in [0.25, 0.3) is 10.9 Å². The van der Waals surface area contributed by atoms with Gasteiger partial charge in [0.2, 0.25) is 0 Å². The predicted octanol–water partition coefficient (Wildman–Crippen LogP) is 1.66. The van der Waals surface area contributed by atoms with Crippen molar-refractivity contribution in [1.29, 1.82) is 0 Å². The molecule has 1 fully saturated rings. The van der Waals surface area contributed by atoms with Crippen molar-refractivity contribution in [3.8, 4) is 11.8 Å². The third-order valence-corrected chi connectivity index (χ3v) is 5.38. The van der Waals surface area contributed by atoms with Crippen molar-refractivity contribution in [1.82, 2.24) is 9.24 Å². The highest BCUT2D eigenvalue weighted by Gasteiger charge is 2.38. The SMILES string of the molecule is CC(C)(C)C#CC(=O)Nn1c(=O)c2cc(S(=O)O)ccc2n(CC2(C)CC2)c1=O. The van der Waals surface area contributed by atoms with Crippen LogP contribution in [0.4, 0.5) is 0 Å². The third-order valence-electron chi connectivity index (χ3n) is 4.72. The number of carbonyl (C=O) groups excluding carboxylic acids is 1. The van der Waals surface area contributed by atoms with Crippen molar-refractivity contribution in [2.45, 2.75) is 52.0 Å². The molecule has 9 heteroatoms. The summed E-state index contributed by atoms with van der Waals surface area (Å²) in [7, 11) is 0. The van der Waals surface area contributed by atoms with Gasteiger partial charge in [-0.2, -0.15) is 4.68 Å². The maximum Gasteiger partial charge on any atom is 0.350 e. The lowest BCUT2D eigenvalue weighted by molar-refractivity contribution is -0.112. The first-order chi connectivity index (χ1) is 13.4. The van der Waals surface area contributed by atoms with E-state index in [2.05, 4.69) is 17.3 Å². The zero-order chi connectivity index (χ0) is 21.6. The molecule has 2 N–H and O–H groups in total. The Labute approximate surface area is 170 Å². The van der Waals surface area contributed by atoms with E-state index >= 15 is 0 Å². The Bertz CT molecular complexity index is 1200. The Kier molecular flexibility index (Phi) is 5.28. The van der Waals surface area contributed by atoms with E-state index in [-0.39, 0.29) is 15.7 Å². The summed E-state index contributed by atoms with van der Waals surface area (Å²) in [4.78, 5) is 38.2. The lowest BCUT2D eigenvalue weighted by Crippen LogP contribution is -2.47. The molecular formula is C20H23N3O5S. The van der Waals surface area contributed by atoms with Gasteiger partial charge in [0.1, 0.15) is 0 Å². The van der Waals surface area contributed by atoms with E-state index in [1.807, 2.05) is 27.7 Å². The van der Waals surface area contributed by atoms with Crippen LogP contribution in [0.3, 0.4) is 0 Å². The highest BCUT2D eigenvalue weighted by atomic mass is 32.2. The monoisotopic (exact) mass is 417 g/mol. The van der Waals surface area contributed by atoms with E-state index < -0.39 is 33.7 Å². The number of fused-ring (bicyclic) bond motifs is 1. The van der Waals surface area contributed by atoms with Gasteiger partial charge in [-0.3, -0.25) is 14.2 Å². The highest BCUT2D eigenvalue weighted by molar-refractivity contribution is 7.79. The number of aromatic nitrogens is 2. The average molecular weight is 417 g/mol. The molecule has 1 aliphatic rings. The van der Waals surface area contributed by atoms with E-state index in [1.54, 1.807) is 0 Å². The molecule has 3 rings (SSSR count). The molecule has 1 heterocycles. The Morgan fingerprint density at radius 3 is 2.52 bits per heavy atom. The zero-order valence-electron chi connectivity index (χ0n) is 16.7. The summed E-state index contributed by atoms with van der Waals surface area (Å²) in [6, 6.07) is 4.15. The van der Waals surface area contributed by atoms with Crippen molar-refractivity contribution >= 4 is 27.9 Å². The molecule has 1 amide bonds. The van der Waals surface area contributed by atoms with Crippen LogP contribution >= 0.6 is 0 Å². The maximum atomic E-state index is 13.0. The minimum absolute atomic E-state index is 0.0304. The maximum absolute atomic E-state index is 13.0. The van der Waals surface area contributed by atoms with Crippen LogP contribution in [0.1, 0.15) is 40.5 Å². The van der Waals surface area contributed by atoms with Gasteiger partial charge in [-0.25, -0.2) is 14.4 Å². The molecule has 0 saturated heterocycles. The molecule has 0 radical (unpaired) electrons. The number of nitrogens with one attached hydrogen (secondary N) is 1. The average Bonchev–Trinajstić information content (AvgIpc) is 3.36. The first-order valence-electron chi connectivity index (χ1n) is 9.15. The first kappa shape index (κ1) is 21.0. The topological polar surface area (TPSA) is 110 Å². The summed E-state index contributed by atoms with van der Waals surface area (Å²) < 4.78 is 22.8. The lowest BCUT2D eigenvalue weighted by Gasteiger charge is -2.17. The highest BCUT2D eigenvalue weighted by Crippen LogP contribution is 2.46. The molecule has 1 aliphatic carbocycles.